The first-order valence-electron chi connectivity index (χ1n) is 12.5. The van der Waals surface area contributed by atoms with Crippen molar-refractivity contribution in [3.8, 4) is 0 Å². The molecular formula is C28H26N4O8S. The molecule has 2 aromatic carbocycles. The molecule has 3 aromatic rings. The monoisotopic (exact) mass is 578 g/mol. The van der Waals surface area contributed by atoms with E-state index in [2.05, 4.69) is 29.5 Å². The van der Waals surface area contributed by atoms with Gasteiger partial charge in [-0.05, 0) is 42.2 Å². The largest absolute Gasteiger partial charge is 0.457 e. The summed E-state index contributed by atoms with van der Waals surface area (Å²) in [5, 5.41) is 13.9. The molecule has 1 aliphatic heterocycles. The van der Waals surface area contributed by atoms with Gasteiger partial charge in [-0.25, -0.2) is 14.6 Å². The highest BCUT2D eigenvalue weighted by Crippen LogP contribution is 2.30. The first kappa shape index (κ1) is 29.2. The van der Waals surface area contributed by atoms with Crippen LogP contribution in [0.2, 0.25) is 0 Å². The Hall–Kier alpha value is -4.78. The highest BCUT2D eigenvalue weighted by atomic mass is 32.1. The Balaban J connectivity index is 1.54. The first-order valence-corrected chi connectivity index (χ1v) is 13.0. The average Bonchev–Trinajstić information content (AvgIpc) is 3.38. The Morgan fingerprint density at radius 2 is 1.88 bits per heavy atom. The van der Waals surface area contributed by atoms with Crippen molar-refractivity contribution < 1.29 is 33.6 Å². The highest BCUT2D eigenvalue weighted by Gasteiger charge is 2.41. The SMILES string of the molecule is C=CCOC(=O)c1cc(NC(=O)C2CC(CC(=O)S)CN2C(=O)OCc2ccc([N+](=O)[O-])cc2)c2ccccc2n1. The molecule has 1 aliphatic rings. The Labute approximate surface area is 239 Å². The maximum absolute atomic E-state index is 13.6. The standard InChI is InChI=1S/C28H26N4O8S/c1-2-11-39-27(35)23-14-22(20-5-3-4-6-21(20)29-23)30-26(34)24-12-18(13-25(33)41)15-31(24)28(36)40-16-17-7-9-19(10-8-17)32(37)38/h2-10,14,18,24H,1,11-13,15-16H2,(H,33,41)(H,29,30,34). The molecule has 1 saturated heterocycles. The number of nitrogens with zero attached hydrogens (tertiary/aromatic N) is 3. The average molecular weight is 579 g/mol. The Morgan fingerprint density at radius 1 is 1.15 bits per heavy atom. The number of para-hydroxylation sites is 1. The van der Waals surface area contributed by atoms with Crippen molar-refractivity contribution in [1.82, 2.24) is 9.88 Å². The molecule has 1 fully saturated rings. The van der Waals surface area contributed by atoms with E-state index in [-0.39, 0.29) is 55.0 Å². The number of nitro groups is 1. The lowest BCUT2D eigenvalue weighted by Gasteiger charge is -2.23. The van der Waals surface area contributed by atoms with Crippen LogP contribution < -0.4 is 5.32 Å². The molecule has 13 heteroatoms. The van der Waals surface area contributed by atoms with E-state index in [0.717, 1.165) is 0 Å². The molecule has 2 unspecified atom stereocenters. The van der Waals surface area contributed by atoms with Gasteiger partial charge in [0.15, 0.2) is 10.8 Å². The van der Waals surface area contributed by atoms with Gasteiger partial charge >= 0.3 is 12.1 Å². The molecule has 1 N–H and O–H groups in total. The van der Waals surface area contributed by atoms with Gasteiger partial charge in [0.2, 0.25) is 5.91 Å². The van der Waals surface area contributed by atoms with Gasteiger partial charge in [-0.2, -0.15) is 0 Å². The normalized spacial score (nSPS) is 16.2. The van der Waals surface area contributed by atoms with Crippen LogP contribution in [-0.2, 0) is 25.7 Å². The molecule has 0 aliphatic carbocycles. The number of esters is 1. The summed E-state index contributed by atoms with van der Waals surface area (Å²) in [6.45, 7) is 3.41. The Bertz CT molecular complexity index is 1510. The minimum Gasteiger partial charge on any atom is -0.457 e. The van der Waals surface area contributed by atoms with E-state index >= 15 is 0 Å². The fourth-order valence-corrected chi connectivity index (χ4v) is 4.78. The number of rotatable bonds is 10. The summed E-state index contributed by atoms with van der Waals surface area (Å²) >= 11 is 3.84. The first-order chi connectivity index (χ1) is 19.7. The lowest BCUT2D eigenvalue weighted by molar-refractivity contribution is -0.384. The summed E-state index contributed by atoms with van der Waals surface area (Å²) in [6.07, 6.45) is 0.868. The van der Waals surface area contributed by atoms with Gasteiger partial charge < -0.3 is 14.8 Å². The topological polar surface area (TPSA) is 158 Å². The summed E-state index contributed by atoms with van der Waals surface area (Å²) in [4.78, 5) is 66.7. The lowest BCUT2D eigenvalue weighted by Crippen LogP contribution is -2.43. The van der Waals surface area contributed by atoms with Crippen molar-refractivity contribution in [2.75, 3.05) is 18.5 Å². The maximum Gasteiger partial charge on any atom is 0.410 e. The van der Waals surface area contributed by atoms with Crippen LogP contribution in [0.5, 0.6) is 0 Å². The molecule has 2 amide bonds. The predicted octanol–water partition coefficient (Wildman–Crippen LogP) is 4.30. The van der Waals surface area contributed by atoms with Crippen molar-refractivity contribution in [2.24, 2.45) is 5.92 Å². The number of ether oxygens (including phenoxy) is 2. The molecule has 1 aromatic heterocycles. The number of hydrogen-bond donors (Lipinski definition) is 2. The van der Waals surface area contributed by atoms with E-state index in [1.54, 1.807) is 24.3 Å². The number of hydrogen-bond acceptors (Lipinski definition) is 9. The van der Waals surface area contributed by atoms with Gasteiger partial charge in [-0.3, -0.25) is 24.6 Å². The molecule has 41 heavy (non-hydrogen) atoms. The quantitative estimate of drug-likeness (QED) is 0.118. The maximum atomic E-state index is 13.6. The second-order valence-corrected chi connectivity index (χ2v) is 9.79. The van der Waals surface area contributed by atoms with E-state index in [1.807, 2.05) is 0 Å². The number of thiol groups is 1. The molecule has 2 heterocycles. The minimum atomic E-state index is -0.986. The molecule has 0 bridgehead atoms. The van der Waals surface area contributed by atoms with Crippen molar-refractivity contribution in [3.63, 3.8) is 0 Å². The molecular weight excluding hydrogens is 552 g/mol. The molecule has 4 rings (SSSR count). The van der Waals surface area contributed by atoms with Crippen LogP contribution in [0.3, 0.4) is 0 Å². The van der Waals surface area contributed by atoms with E-state index in [1.165, 1.54) is 41.3 Å². The third kappa shape index (κ3) is 7.25. The molecule has 0 spiro atoms. The fraction of sp³-hybridized carbons (Fsp3) is 0.250. The molecule has 2 atom stereocenters. The number of aromatic nitrogens is 1. The summed E-state index contributed by atoms with van der Waals surface area (Å²) < 4.78 is 10.5. The molecule has 0 radical (unpaired) electrons. The Morgan fingerprint density at radius 3 is 2.56 bits per heavy atom. The number of carbonyl (C=O) groups excluding carboxylic acids is 4. The third-order valence-corrected chi connectivity index (χ3v) is 6.60. The fourth-order valence-electron chi connectivity index (χ4n) is 4.52. The number of fused-ring (bicyclic) bond motifs is 1. The van der Waals surface area contributed by atoms with Gasteiger partial charge in [-0.15, -0.1) is 12.6 Å². The number of amides is 2. The number of anilines is 1. The zero-order valence-corrected chi connectivity index (χ0v) is 22.6. The number of non-ortho nitro benzene ring substituents is 1. The van der Waals surface area contributed by atoms with Crippen molar-refractivity contribution in [2.45, 2.75) is 25.5 Å². The summed E-state index contributed by atoms with van der Waals surface area (Å²) in [5.74, 6) is -1.58. The van der Waals surface area contributed by atoms with Crippen LogP contribution in [0.4, 0.5) is 16.2 Å². The van der Waals surface area contributed by atoms with Crippen LogP contribution >= 0.6 is 12.6 Å². The van der Waals surface area contributed by atoms with Crippen LogP contribution in [0.25, 0.3) is 10.9 Å². The van der Waals surface area contributed by atoms with Gasteiger partial charge in [-0.1, -0.05) is 30.9 Å². The van der Waals surface area contributed by atoms with Crippen molar-refractivity contribution >= 4 is 58.0 Å². The Kier molecular flexibility index (Phi) is 9.30. The number of pyridine rings is 1. The predicted molar refractivity (Wildman–Crippen MR) is 151 cm³/mol. The summed E-state index contributed by atoms with van der Waals surface area (Å²) in [5.41, 5.74) is 1.13. The number of carbonyl (C=O) groups is 4. The second kappa shape index (κ2) is 13.0. The van der Waals surface area contributed by atoms with Crippen LogP contribution in [-0.4, -0.2) is 57.1 Å². The van der Waals surface area contributed by atoms with E-state index in [9.17, 15) is 29.3 Å². The zero-order chi connectivity index (χ0) is 29.5. The van der Waals surface area contributed by atoms with Crippen molar-refractivity contribution in [3.05, 3.63) is 88.6 Å². The zero-order valence-electron chi connectivity index (χ0n) is 21.7. The van der Waals surface area contributed by atoms with Crippen LogP contribution in [0.15, 0.2) is 67.3 Å². The summed E-state index contributed by atoms with van der Waals surface area (Å²) in [7, 11) is 0. The number of nitrogens with one attached hydrogen (secondary N) is 1. The van der Waals surface area contributed by atoms with Gasteiger partial charge in [0.05, 0.1) is 16.1 Å². The number of nitro benzene ring substituents is 1. The molecule has 12 nitrogen and oxygen atoms in total. The van der Waals surface area contributed by atoms with Crippen molar-refractivity contribution in [1.29, 1.82) is 0 Å². The van der Waals surface area contributed by atoms with E-state index in [0.29, 0.717) is 22.2 Å². The second-order valence-electron chi connectivity index (χ2n) is 9.29. The molecule has 212 valence electrons. The minimum absolute atomic E-state index is 0.0146. The molecule has 0 saturated carbocycles. The summed E-state index contributed by atoms with van der Waals surface area (Å²) in [6, 6.07) is 12.8. The number of likely N-dealkylation sites (tertiary alicyclic amines) is 1. The number of benzene rings is 2. The third-order valence-electron chi connectivity index (χ3n) is 6.41. The smallest absolute Gasteiger partial charge is 0.410 e. The van der Waals surface area contributed by atoms with Crippen LogP contribution in [0, 0.1) is 16.0 Å². The van der Waals surface area contributed by atoms with Gasteiger partial charge in [0.1, 0.15) is 19.3 Å². The van der Waals surface area contributed by atoms with Gasteiger partial charge in [0.25, 0.3) is 5.69 Å². The lowest BCUT2D eigenvalue weighted by atomic mass is 10.0. The highest BCUT2D eigenvalue weighted by molar-refractivity contribution is 7.96. The van der Waals surface area contributed by atoms with E-state index < -0.39 is 28.9 Å². The van der Waals surface area contributed by atoms with E-state index in [4.69, 9.17) is 9.47 Å². The van der Waals surface area contributed by atoms with Gasteiger partial charge in [0, 0.05) is 30.5 Å². The van der Waals surface area contributed by atoms with Crippen LogP contribution in [0.1, 0.15) is 28.9 Å².